The highest BCUT2D eigenvalue weighted by Gasteiger charge is 2.33. The van der Waals surface area contributed by atoms with Gasteiger partial charge in [-0.05, 0) is 37.8 Å². The van der Waals surface area contributed by atoms with Gasteiger partial charge in [-0.1, -0.05) is 18.2 Å². The van der Waals surface area contributed by atoms with Gasteiger partial charge in [-0.3, -0.25) is 4.79 Å². The summed E-state index contributed by atoms with van der Waals surface area (Å²) >= 11 is 0. The Labute approximate surface area is 142 Å². The van der Waals surface area contributed by atoms with Crippen molar-refractivity contribution in [3.8, 4) is 0 Å². The van der Waals surface area contributed by atoms with Crippen molar-refractivity contribution in [1.82, 2.24) is 4.31 Å². The number of ether oxygens (including phenoxy) is 2. The van der Waals surface area contributed by atoms with Crippen LogP contribution in [0.2, 0.25) is 0 Å². The van der Waals surface area contributed by atoms with Crippen molar-refractivity contribution in [3.05, 3.63) is 30.3 Å². The molecule has 2 aliphatic heterocycles. The molecule has 2 saturated heterocycles. The molecule has 7 heteroatoms. The lowest BCUT2D eigenvalue weighted by Crippen LogP contribution is -2.40. The van der Waals surface area contributed by atoms with Crippen LogP contribution in [0.5, 0.6) is 0 Å². The molecule has 24 heavy (non-hydrogen) atoms. The Morgan fingerprint density at radius 3 is 2.50 bits per heavy atom. The molecule has 2 heterocycles. The first-order valence-electron chi connectivity index (χ1n) is 8.41. The van der Waals surface area contributed by atoms with Crippen molar-refractivity contribution >= 4 is 16.0 Å². The Morgan fingerprint density at radius 2 is 1.88 bits per heavy atom. The van der Waals surface area contributed by atoms with Crippen molar-refractivity contribution in [1.29, 1.82) is 0 Å². The largest absolute Gasteiger partial charge is 0.463 e. The topological polar surface area (TPSA) is 72.9 Å². The van der Waals surface area contributed by atoms with Crippen molar-refractivity contribution in [2.75, 3.05) is 26.3 Å². The number of benzene rings is 1. The summed E-state index contributed by atoms with van der Waals surface area (Å²) in [6, 6.07) is 8.40. The van der Waals surface area contributed by atoms with Gasteiger partial charge in [-0.15, -0.1) is 0 Å². The van der Waals surface area contributed by atoms with E-state index in [1.54, 1.807) is 30.3 Å². The van der Waals surface area contributed by atoms with Crippen LogP contribution in [-0.2, 0) is 24.3 Å². The van der Waals surface area contributed by atoms with Gasteiger partial charge in [0, 0.05) is 19.7 Å². The molecule has 1 aromatic rings. The van der Waals surface area contributed by atoms with Crippen molar-refractivity contribution in [2.24, 2.45) is 5.92 Å². The molecule has 0 aromatic heterocycles. The normalized spacial score (nSPS) is 23.2. The molecule has 0 unspecified atom stereocenters. The second-order valence-corrected chi connectivity index (χ2v) is 8.19. The SMILES string of the molecule is O=C(OC[C@@H]1CCCO1)C1CCN(S(=O)(=O)c2ccccc2)CC1. The standard InChI is InChI=1S/C17H23NO5S/c19-17(23-13-15-5-4-12-22-15)14-8-10-18(11-9-14)24(20,21)16-6-2-1-3-7-16/h1-3,6-7,14-15H,4-5,8-13H2/t15-/m0/s1. The summed E-state index contributed by atoms with van der Waals surface area (Å²) < 4.78 is 37.3. The van der Waals surface area contributed by atoms with Crippen LogP contribution in [0.15, 0.2) is 35.2 Å². The van der Waals surface area contributed by atoms with Gasteiger partial charge in [-0.25, -0.2) is 8.42 Å². The van der Waals surface area contributed by atoms with E-state index in [9.17, 15) is 13.2 Å². The smallest absolute Gasteiger partial charge is 0.309 e. The zero-order valence-electron chi connectivity index (χ0n) is 13.6. The predicted octanol–water partition coefficient (Wildman–Crippen LogP) is 1.81. The van der Waals surface area contributed by atoms with Crippen molar-refractivity contribution in [2.45, 2.75) is 36.7 Å². The average Bonchev–Trinajstić information content (AvgIpc) is 3.14. The highest BCUT2D eigenvalue weighted by atomic mass is 32.2. The minimum atomic E-state index is -3.48. The van der Waals surface area contributed by atoms with E-state index < -0.39 is 10.0 Å². The van der Waals surface area contributed by atoms with E-state index in [2.05, 4.69) is 0 Å². The van der Waals surface area contributed by atoms with Crippen molar-refractivity contribution in [3.63, 3.8) is 0 Å². The van der Waals surface area contributed by atoms with Crippen LogP contribution in [0.25, 0.3) is 0 Å². The number of hydrogen-bond acceptors (Lipinski definition) is 5. The Kier molecular flexibility index (Phi) is 5.53. The Hall–Kier alpha value is -1.44. The number of esters is 1. The molecule has 1 aromatic carbocycles. The number of carbonyl (C=O) groups is 1. The van der Waals surface area contributed by atoms with Gasteiger partial charge in [0.15, 0.2) is 0 Å². The lowest BCUT2D eigenvalue weighted by molar-refractivity contribution is -0.153. The molecular weight excluding hydrogens is 330 g/mol. The van der Waals surface area contributed by atoms with Gasteiger partial charge in [0.05, 0.1) is 16.9 Å². The fourth-order valence-corrected chi connectivity index (χ4v) is 4.63. The Morgan fingerprint density at radius 1 is 1.17 bits per heavy atom. The van der Waals surface area contributed by atoms with Crippen molar-refractivity contribution < 1.29 is 22.7 Å². The molecule has 2 fully saturated rings. The molecule has 2 aliphatic rings. The molecule has 0 N–H and O–H groups in total. The monoisotopic (exact) mass is 353 g/mol. The third-order valence-corrected chi connectivity index (χ3v) is 6.52. The third kappa shape index (κ3) is 3.96. The molecule has 0 saturated carbocycles. The fourth-order valence-electron chi connectivity index (χ4n) is 3.14. The Bertz CT molecular complexity index is 647. The van der Waals surface area contributed by atoms with Gasteiger partial charge in [0.25, 0.3) is 0 Å². The lowest BCUT2D eigenvalue weighted by atomic mass is 9.98. The highest BCUT2D eigenvalue weighted by Crippen LogP contribution is 2.25. The van der Waals surface area contributed by atoms with Crippen LogP contribution in [0.3, 0.4) is 0 Å². The molecule has 3 rings (SSSR count). The quantitative estimate of drug-likeness (QED) is 0.755. The van der Waals surface area contributed by atoms with Gasteiger partial charge in [0.2, 0.25) is 10.0 Å². The zero-order chi connectivity index (χ0) is 17.0. The molecule has 0 amide bonds. The minimum Gasteiger partial charge on any atom is -0.463 e. The summed E-state index contributed by atoms with van der Waals surface area (Å²) in [6.07, 6.45) is 2.96. The maximum Gasteiger partial charge on any atom is 0.309 e. The number of rotatable bonds is 5. The van der Waals surface area contributed by atoms with Crippen LogP contribution < -0.4 is 0 Å². The number of piperidine rings is 1. The first kappa shape index (κ1) is 17.4. The van der Waals surface area contributed by atoms with E-state index in [1.165, 1.54) is 4.31 Å². The van der Waals surface area contributed by atoms with Gasteiger partial charge >= 0.3 is 5.97 Å². The molecular formula is C17H23NO5S. The molecule has 1 atom stereocenters. The highest BCUT2D eigenvalue weighted by molar-refractivity contribution is 7.89. The fraction of sp³-hybridized carbons (Fsp3) is 0.588. The summed E-state index contributed by atoms with van der Waals surface area (Å²) in [5.41, 5.74) is 0. The Balaban J connectivity index is 1.51. The molecule has 6 nitrogen and oxygen atoms in total. The van der Waals surface area contributed by atoms with E-state index in [-0.39, 0.29) is 18.0 Å². The zero-order valence-corrected chi connectivity index (χ0v) is 14.4. The minimum absolute atomic E-state index is 0.0208. The van der Waals surface area contributed by atoms with E-state index >= 15 is 0 Å². The van der Waals surface area contributed by atoms with E-state index in [1.807, 2.05) is 0 Å². The summed E-state index contributed by atoms with van der Waals surface area (Å²) in [6.45, 7) is 1.73. The van der Waals surface area contributed by atoms with Gasteiger partial charge < -0.3 is 9.47 Å². The summed E-state index contributed by atoms with van der Waals surface area (Å²) in [4.78, 5) is 12.4. The lowest BCUT2D eigenvalue weighted by Gasteiger charge is -2.30. The van der Waals surface area contributed by atoms with Crippen LogP contribution in [0, 0.1) is 5.92 Å². The van der Waals surface area contributed by atoms with Gasteiger partial charge in [0.1, 0.15) is 6.61 Å². The number of hydrogen-bond donors (Lipinski definition) is 0. The average molecular weight is 353 g/mol. The first-order chi connectivity index (χ1) is 11.6. The number of sulfonamides is 1. The van der Waals surface area contributed by atoms with Crippen LogP contribution in [0.1, 0.15) is 25.7 Å². The number of nitrogens with zero attached hydrogens (tertiary/aromatic N) is 1. The second-order valence-electron chi connectivity index (χ2n) is 6.26. The maximum absolute atomic E-state index is 12.6. The number of carbonyl (C=O) groups excluding carboxylic acids is 1. The van der Waals surface area contributed by atoms with Gasteiger partial charge in [-0.2, -0.15) is 4.31 Å². The van der Waals surface area contributed by atoms with Crippen LogP contribution in [0.4, 0.5) is 0 Å². The third-order valence-electron chi connectivity index (χ3n) is 4.60. The van der Waals surface area contributed by atoms with E-state index in [0.717, 1.165) is 19.4 Å². The first-order valence-corrected chi connectivity index (χ1v) is 9.85. The predicted molar refractivity (Wildman–Crippen MR) is 87.9 cm³/mol. The summed E-state index contributed by atoms with van der Waals surface area (Å²) in [5, 5.41) is 0. The summed E-state index contributed by atoms with van der Waals surface area (Å²) in [7, 11) is -3.48. The van der Waals surface area contributed by atoms with Crippen LogP contribution >= 0.6 is 0 Å². The molecule has 132 valence electrons. The summed E-state index contributed by atoms with van der Waals surface area (Å²) in [5.74, 6) is -0.462. The molecule has 0 aliphatic carbocycles. The molecule has 0 spiro atoms. The van der Waals surface area contributed by atoms with E-state index in [4.69, 9.17) is 9.47 Å². The maximum atomic E-state index is 12.6. The molecule has 0 bridgehead atoms. The van der Waals surface area contributed by atoms with Crippen LogP contribution in [-0.4, -0.2) is 51.1 Å². The second kappa shape index (κ2) is 7.63. The van der Waals surface area contributed by atoms with E-state index in [0.29, 0.717) is 37.4 Å². The molecule has 0 radical (unpaired) electrons.